The molecule has 1 aliphatic carbocycles. The van der Waals surface area contributed by atoms with Gasteiger partial charge in [-0.05, 0) is 74.3 Å². The van der Waals surface area contributed by atoms with Crippen LogP contribution < -0.4 is 0 Å². The molecule has 0 spiro atoms. The van der Waals surface area contributed by atoms with Gasteiger partial charge in [0, 0.05) is 0 Å². The molecule has 0 radical (unpaired) electrons. The zero-order valence-electron chi connectivity index (χ0n) is 14.8. The van der Waals surface area contributed by atoms with Gasteiger partial charge in [0.1, 0.15) is 5.82 Å². The van der Waals surface area contributed by atoms with Crippen molar-refractivity contribution in [2.45, 2.75) is 39.0 Å². The molecule has 0 saturated heterocycles. The molecule has 1 aliphatic rings. The third-order valence-corrected chi connectivity index (χ3v) is 4.91. The van der Waals surface area contributed by atoms with Crippen LogP contribution in [0.25, 0.3) is 0 Å². The van der Waals surface area contributed by atoms with E-state index in [1.807, 2.05) is 13.0 Å². The van der Waals surface area contributed by atoms with Crippen molar-refractivity contribution < 1.29 is 13.2 Å². The predicted octanol–water partition coefficient (Wildman–Crippen LogP) is 5.96. The highest BCUT2D eigenvalue weighted by molar-refractivity contribution is 5.48. The molecule has 3 heteroatoms. The SMILES string of the molecule is C/C=C/CCC1CCc2c(ccc(C#Cc3cccc(F)c3F)c2F)C1. The first-order chi connectivity index (χ1) is 12.6. The molecule has 26 heavy (non-hydrogen) atoms. The lowest BCUT2D eigenvalue weighted by atomic mass is 9.81. The van der Waals surface area contributed by atoms with Crippen molar-refractivity contribution in [2.75, 3.05) is 0 Å². The summed E-state index contributed by atoms with van der Waals surface area (Å²) in [4.78, 5) is 0. The molecular formula is C23H21F3. The minimum absolute atomic E-state index is 0.0637. The van der Waals surface area contributed by atoms with E-state index in [0.29, 0.717) is 12.3 Å². The summed E-state index contributed by atoms with van der Waals surface area (Å²) < 4.78 is 41.7. The van der Waals surface area contributed by atoms with Crippen molar-refractivity contribution in [1.29, 1.82) is 0 Å². The summed E-state index contributed by atoms with van der Waals surface area (Å²) in [6.45, 7) is 2.02. The molecule has 134 valence electrons. The van der Waals surface area contributed by atoms with Crippen LogP contribution in [0.3, 0.4) is 0 Å². The highest BCUT2D eigenvalue weighted by Gasteiger charge is 2.22. The summed E-state index contributed by atoms with van der Waals surface area (Å²) >= 11 is 0. The zero-order valence-corrected chi connectivity index (χ0v) is 14.8. The lowest BCUT2D eigenvalue weighted by Gasteiger charge is -2.25. The fourth-order valence-corrected chi connectivity index (χ4v) is 3.46. The molecule has 2 aromatic carbocycles. The smallest absolute Gasteiger partial charge is 0.174 e. The number of hydrogen-bond donors (Lipinski definition) is 0. The van der Waals surface area contributed by atoms with E-state index in [1.165, 1.54) is 12.1 Å². The van der Waals surface area contributed by atoms with Crippen molar-refractivity contribution in [1.82, 2.24) is 0 Å². The van der Waals surface area contributed by atoms with Crippen molar-refractivity contribution >= 4 is 0 Å². The lowest BCUT2D eigenvalue weighted by molar-refractivity contribution is 0.421. The molecule has 0 aliphatic heterocycles. The summed E-state index contributed by atoms with van der Waals surface area (Å²) in [7, 11) is 0. The average Bonchev–Trinajstić information content (AvgIpc) is 2.64. The molecular weight excluding hydrogens is 333 g/mol. The molecule has 1 unspecified atom stereocenters. The van der Waals surface area contributed by atoms with Gasteiger partial charge < -0.3 is 0 Å². The molecule has 0 N–H and O–H groups in total. The topological polar surface area (TPSA) is 0 Å². The van der Waals surface area contributed by atoms with Crippen LogP contribution >= 0.6 is 0 Å². The third kappa shape index (κ3) is 4.02. The maximum absolute atomic E-state index is 14.8. The molecule has 3 rings (SSSR count). The van der Waals surface area contributed by atoms with Crippen LogP contribution in [0.1, 0.15) is 48.4 Å². The Morgan fingerprint density at radius 3 is 2.58 bits per heavy atom. The van der Waals surface area contributed by atoms with Gasteiger partial charge in [0.05, 0.1) is 11.1 Å². The molecule has 0 aromatic heterocycles. The van der Waals surface area contributed by atoms with Gasteiger partial charge in [-0.15, -0.1) is 0 Å². The van der Waals surface area contributed by atoms with E-state index >= 15 is 0 Å². The predicted molar refractivity (Wildman–Crippen MR) is 98.3 cm³/mol. The standard InChI is InChI=1S/C23H21F3/c1-2-3-4-6-16-9-14-20-19(15-16)13-12-18(22(20)25)11-10-17-7-5-8-21(24)23(17)26/h2-3,5,7-8,12-13,16H,4,6,9,14-15H2,1H3/b3-2+. The second-order valence-corrected chi connectivity index (χ2v) is 6.67. The van der Waals surface area contributed by atoms with Crippen molar-refractivity contribution in [3.8, 4) is 11.8 Å². The Morgan fingerprint density at radius 1 is 1.04 bits per heavy atom. The van der Waals surface area contributed by atoms with E-state index in [9.17, 15) is 13.2 Å². The van der Waals surface area contributed by atoms with Gasteiger partial charge in [0.2, 0.25) is 0 Å². The van der Waals surface area contributed by atoms with E-state index < -0.39 is 11.6 Å². The van der Waals surface area contributed by atoms with E-state index in [-0.39, 0.29) is 16.9 Å². The summed E-state index contributed by atoms with van der Waals surface area (Å²) in [6, 6.07) is 7.38. The Labute approximate surface area is 152 Å². The van der Waals surface area contributed by atoms with Crippen LogP contribution in [0.4, 0.5) is 13.2 Å². The van der Waals surface area contributed by atoms with E-state index in [4.69, 9.17) is 0 Å². The van der Waals surface area contributed by atoms with Crippen LogP contribution in [-0.4, -0.2) is 0 Å². The van der Waals surface area contributed by atoms with E-state index in [2.05, 4.69) is 24.0 Å². The number of allylic oxidation sites excluding steroid dienone is 2. The largest absolute Gasteiger partial charge is 0.205 e. The quantitative estimate of drug-likeness (QED) is 0.471. The Morgan fingerprint density at radius 2 is 1.81 bits per heavy atom. The van der Waals surface area contributed by atoms with Crippen LogP contribution in [0.5, 0.6) is 0 Å². The number of fused-ring (bicyclic) bond motifs is 1. The average molecular weight is 354 g/mol. The number of rotatable bonds is 3. The molecule has 0 saturated carbocycles. The van der Waals surface area contributed by atoms with Crippen LogP contribution in [0.15, 0.2) is 42.5 Å². The van der Waals surface area contributed by atoms with Gasteiger partial charge in [-0.1, -0.05) is 36.1 Å². The summed E-state index contributed by atoms with van der Waals surface area (Å²) in [5.41, 5.74) is 1.94. The number of benzene rings is 2. The molecule has 0 bridgehead atoms. The normalized spacial score (nSPS) is 16.2. The van der Waals surface area contributed by atoms with Crippen molar-refractivity contribution in [3.63, 3.8) is 0 Å². The fourth-order valence-electron chi connectivity index (χ4n) is 3.46. The first-order valence-electron chi connectivity index (χ1n) is 8.97. The van der Waals surface area contributed by atoms with Crippen LogP contribution in [-0.2, 0) is 12.8 Å². The van der Waals surface area contributed by atoms with Gasteiger partial charge in [-0.25, -0.2) is 13.2 Å². The Kier molecular flexibility index (Phi) is 5.83. The molecule has 0 amide bonds. The maximum Gasteiger partial charge on any atom is 0.174 e. The fraction of sp³-hybridized carbons (Fsp3) is 0.304. The molecule has 2 aromatic rings. The minimum Gasteiger partial charge on any atom is -0.205 e. The summed E-state index contributed by atoms with van der Waals surface area (Å²) in [5.74, 6) is 3.52. The molecule has 0 fully saturated rings. The highest BCUT2D eigenvalue weighted by Crippen LogP contribution is 2.31. The molecule has 1 atom stereocenters. The minimum atomic E-state index is -0.998. The van der Waals surface area contributed by atoms with Gasteiger partial charge in [-0.2, -0.15) is 0 Å². The van der Waals surface area contributed by atoms with E-state index in [1.54, 1.807) is 6.07 Å². The van der Waals surface area contributed by atoms with Gasteiger partial charge in [0.25, 0.3) is 0 Å². The van der Waals surface area contributed by atoms with Crippen LogP contribution in [0, 0.1) is 35.2 Å². The molecule has 0 heterocycles. The van der Waals surface area contributed by atoms with Crippen molar-refractivity contribution in [2.24, 2.45) is 5.92 Å². The zero-order chi connectivity index (χ0) is 18.5. The first-order valence-corrected chi connectivity index (χ1v) is 8.97. The Hall–Kier alpha value is -2.47. The Bertz CT molecular complexity index is 884. The first kappa shape index (κ1) is 18.3. The van der Waals surface area contributed by atoms with Gasteiger partial charge in [-0.3, -0.25) is 0 Å². The van der Waals surface area contributed by atoms with Gasteiger partial charge >= 0.3 is 0 Å². The highest BCUT2D eigenvalue weighted by atomic mass is 19.2. The number of halogens is 3. The third-order valence-electron chi connectivity index (χ3n) is 4.91. The van der Waals surface area contributed by atoms with Crippen molar-refractivity contribution in [3.05, 3.63) is 82.2 Å². The van der Waals surface area contributed by atoms with Crippen LogP contribution in [0.2, 0.25) is 0 Å². The number of hydrogen-bond acceptors (Lipinski definition) is 0. The lowest BCUT2D eigenvalue weighted by Crippen LogP contribution is -2.16. The van der Waals surface area contributed by atoms with Gasteiger partial charge in [0.15, 0.2) is 11.6 Å². The second kappa shape index (κ2) is 8.27. The summed E-state index contributed by atoms with van der Waals surface area (Å²) in [6.07, 6.45) is 8.95. The monoisotopic (exact) mass is 354 g/mol. The maximum atomic E-state index is 14.8. The molecule has 0 nitrogen and oxygen atoms in total. The van der Waals surface area contributed by atoms with E-state index in [0.717, 1.165) is 42.9 Å². The Balaban J connectivity index is 1.81. The summed E-state index contributed by atoms with van der Waals surface area (Å²) in [5, 5.41) is 0. The second-order valence-electron chi connectivity index (χ2n) is 6.67.